The zero-order valence-corrected chi connectivity index (χ0v) is 17.5. The van der Waals surface area contributed by atoms with Crippen molar-refractivity contribution in [3.05, 3.63) is 58.1 Å². The van der Waals surface area contributed by atoms with Gasteiger partial charge in [0.25, 0.3) is 5.91 Å². The van der Waals surface area contributed by atoms with E-state index in [1.807, 2.05) is 6.07 Å². The van der Waals surface area contributed by atoms with Crippen LogP contribution >= 0.6 is 23.2 Å². The number of nitrogens with zero attached hydrogens (tertiary/aromatic N) is 3. The molecule has 10 heteroatoms. The van der Waals surface area contributed by atoms with Gasteiger partial charge in [0.05, 0.1) is 15.5 Å². The molecule has 152 valence electrons. The van der Waals surface area contributed by atoms with Gasteiger partial charge in [-0.1, -0.05) is 35.3 Å². The van der Waals surface area contributed by atoms with Gasteiger partial charge in [0.15, 0.2) is 6.61 Å². The monoisotopic (exact) mass is 453 g/mol. The van der Waals surface area contributed by atoms with Crippen molar-refractivity contribution in [1.29, 1.82) is 5.26 Å². The number of benzene rings is 2. The summed E-state index contributed by atoms with van der Waals surface area (Å²) in [4.78, 5) is 13.9. The number of nitriles is 1. The van der Waals surface area contributed by atoms with Gasteiger partial charge in [-0.3, -0.25) is 4.79 Å². The summed E-state index contributed by atoms with van der Waals surface area (Å²) in [5, 5.41) is 9.95. The Hall–Kier alpha value is -2.31. The SMILES string of the molecule is N#Cc1ccccc1S(=O)(=O)N1CCN(C(=O)COc2cc(Cl)ccc2Cl)CC1. The summed E-state index contributed by atoms with van der Waals surface area (Å²) in [5.74, 6) is 0.0253. The molecule has 2 aromatic carbocycles. The summed E-state index contributed by atoms with van der Waals surface area (Å²) >= 11 is 11.9. The van der Waals surface area contributed by atoms with E-state index in [4.69, 9.17) is 33.2 Å². The second-order valence-electron chi connectivity index (χ2n) is 6.26. The van der Waals surface area contributed by atoms with Crippen molar-refractivity contribution < 1.29 is 17.9 Å². The van der Waals surface area contributed by atoms with Crippen LogP contribution in [0.1, 0.15) is 5.56 Å². The zero-order valence-electron chi connectivity index (χ0n) is 15.2. The second-order valence-corrected chi connectivity index (χ2v) is 9.01. The Bertz CT molecular complexity index is 1060. The number of rotatable bonds is 5. The van der Waals surface area contributed by atoms with Gasteiger partial charge in [-0.2, -0.15) is 9.57 Å². The second kappa shape index (κ2) is 9.01. The highest BCUT2D eigenvalue weighted by atomic mass is 35.5. The minimum absolute atomic E-state index is 0.0267. The van der Waals surface area contributed by atoms with Crippen LogP contribution < -0.4 is 4.74 Å². The van der Waals surface area contributed by atoms with Crippen LogP contribution in [0.25, 0.3) is 0 Å². The fourth-order valence-electron chi connectivity index (χ4n) is 2.92. The summed E-state index contributed by atoms with van der Waals surface area (Å²) < 4.78 is 32.4. The van der Waals surface area contributed by atoms with E-state index in [1.165, 1.54) is 27.4 Å². The lowest BCUT2D eigenvalue weighted by Crippen LogP contribution is -2.51. The Balaban J connectivity index is 1.60. The molecule has 1 heterocycles. The lowest BCUT2D eigenvalue weighted by Gasteiger charge is -2.34. The van der Waals surface area contributed by atoms with Crippen LogP contribution in [-0.2, 0) is 14.8 Å². The molecule has 1 aliphatic rings. The molecular formula is C19H17Cl2N3O4S. The third-order valence-corrected chi connectivity index (χ3v) is 6.97. The van der Waals surface area contributed by atoms with Gasteiger partial charge in [0.1, 0.15) is 11.8 Å². The van der Waals surface area contributed by atoms with E-state index in [1.54, 1.807) is 24.3 Å². The van der Waals surface area contributed by atoms with Crippen molar-refractivity contribution in [2.24, 2.45) is 0 Å². The van der Waals surface area contributed by atoms with E-state index >= 15 is 0 Å². The Morgan fingerprint density at radius 1 is 1.10 bits per heavy atom. The van der Waals surface area contributed by atoms with E-state index < -0.39 is 10.0 Å². The van der Waals surface area contributed by atoms with Crippen molar-refractivity contribution in [2.75, 3.05) is 32.8 Å². The first-order chi connectivity index (χ1) is 13.8. The maximum absolute atomic E-state index is 12.8. The number of hydrogen-bond acceptors (Lipinski definition) is 5. The molecule has 0 N–H and O–H groups in total. The average Bonchev–Trinajstić information content (AvgIpc) is 2.74. The molecule has 1 saturated heterocycles. The molecule has 2 aromatic rings. The van der Waals surface area contributed by atoms with Crippen LogP contribution in [0.2, 0.25) is 10.0 Å². The number of halogens is 2. The normalized spacial score (nSPS) is 15.0. The molecule has 0 spiro atoms. The molecular weight excluding hydrogens is 437 g/mol. The number of amides is 1. The van der Waals surface area contributed by atoms with E-state index in [-0.39, 0.29) is 49.2 Å². The quantitative estimate of drug-likeness (QED) is 0.693. The Morgan fingerprint density at radius 3 is 2.48 bits per heavy atom. The fraction of sp³-hybridized carbons (Fsp3) is 0.263. The molecule has 7 nitrogen and oxygen atoms in total. The summed E-state index contributed by atoms with van der Waals surface area (Å²) in [7, 11) is -3.81. The van der Waals surface area contributed by atoms with Crippen molar-refractivity contribution >= 4 is 39.1 Å². The lowest BCUT2D eigenvalue weighted by atomic mass is 10.2. The number of sulfonamides is 1. The van der Waals surface area contributed by atoms with Gasteiger partial charge in [-0.05, 0) is 24.3 Å². The molecule has 0 radical (unpaired) electrons. The van der Waals surface area contributed by atoms with E-state index in [0.29, 0.717) is 15.8 Å². The smallest absolute Gasteiger partial charge is 0.260 e. The molecule has 1 amide bonds. The number of ether oxygens (including phenoxy) is 1. The zero-order chi connectivity index (χ0) is 21.0. The molecule has 0 saturated carbocycles. The predicted octanol–water partition coefficient (Wildman–Crippen LogP) is 2.78. The highest BCUT2D eigenvalue weighted by Crippen LogP contribution is 2.27. The van der Waals surface area contributed by atoms with Gasteiger partial charge >= 0.3 is 0 Å². The van der Waals surface area contributed by atoms with Crippen LogP contribution in [0.5, 0.6) is 5.75 Å². The van der Waals surface area contributed by atoms with Crippen molar-refractivity contribution in [3.63, 3.8) is 0 Å². The fourth-order valence-corrected chi connectivity index (χ4v) is 4.82. The van der Waals surface area contributed by atoms with Gasteiger partial charge in [-0.25, -0.2) is 8.42 Å². The minimum atomic E-state index is -3.81. The summed E-state index contributed by atoms with van der Waals surface area (Å²) in [6.45, 7) is 0.473. The molecule has 29 heavy (non-hydrogen) atoms. The van der Waals surface area contributed by atoms with Crippen LogP contribution in [0.4, 0.5) is 0 Å². The maximum atomic E-state index is 12.8. The first-order valence-corrected chi connectivity index (χ1v) is 10.9. The summed E-state index contributed by atoms with van der Waals surface area (Å²) in [6, 6.07) is 12.7. The third kappa shape index (κ3) is 4.82. The number of carbonyl (C=O) groups is 1. The van der Waals surface area contributed by atoms with E-state index in [2.05, 4.69) is 0 Å². The number of carbonyl (C=O) groups excluding carboxylic acids is 1. The largest absolute Gasteiger partial charge is 0.482 e. The Morgan fingerprint density at radius 2 is 1.79 bits per heavy atom. The number of hydrogen-bond donors (Lipinski definition) is 0. The van der Waals surface area contributed by atoms with Crippen LogP contribution in [0.3, 0.4) is 0 Å². The Kier molecular flexibility index (Phi) is 6.65. The first kappa shape index (κ1) is 21.4. The van der Waals surface area contributed by atoms with Gasteiger partial charge in [0.2, 0.25) is 10.0 Å². The highest BCUT2D eigenvalue weighted by Gasteiger charge is 2.31. The van der Waals surface area contributed by atoms with Gasteiger partial charge in [0, 0.05) is 37.3 Å². The highest BCUT2D eigenvalue weighted by molar-refractivity contribution is 7.89. The van der Waals surface area contributed by atoms with Crippen LogP contribution in [0, 0.1) is 11.3 Å². The maximum Gasteiger partial charge on any atom is 0.260 e. The van der Waals surface area contributed by atoms with Crippen LogP contribution in [0.15, 0.2) is 47.4 Å². The topological polar surface area (TPSA) is 90.7 Å². The summed E-state index contributed by atoms with van der Waals surface area (Å²) in [5.41, 5.74) is 0.0952. The van der Waals surface area contributed by atoms with Crippen molar-refractivity contribution in [2.45, 2.75) is 4.90 Å². The molecule has 0 unspecified atom stereocenters. The first-order valence-electron chi connectivity index (χ1n) is 8.68. The van der Waals surface area contributed by atoms with Gasteiger partial charge < -0.3 is 9.64 Å². The Labute approximate surface area is 179 Å². The molecule has 0 aromatic heterocycles. The van der Waals surface area contributed by atoms with E-state index in [0.717, 1.165) is 0 Å². The van der Waals surface area contributed by atoms with Crippen molar-refractivity contribution in [1.82, 2.24) is 9.21 Å². The molecule has 3 rings (SSSR count). The van der Waals surface area contributed by atoms with Crippen LogP contribution in [-0.4, -0.2) is 56.3 Å². The standard InChI is InChI=1S/C19H17Cl2N3O4S/c20-15-5-6-16(21)17(11-15)28-13-19(25)23-7-9-24(10-8-23)29(26,27)18-4-2-1-3-14(18)12-22/h1-6,11H,7-10,13H2. The molecule has 0 bridgehead atoms. The average molecular weight is 454 g/mol. The lowest BCUT2D eigenvalue weighted by molar-refractivity contribution is -0.134. The third-order valence-electron chi connectivity index (χ3n) is 4.46. The summed E-state index contributed by atoms with van der Waals surface area (Å²) in [6.07, 6.45) is 0. The molecule has 0 atom stereocenters. The van der Waals surface area contributed by atoms with E-state index in [9.17, 15) is 13.2 Å². The molecule has 1 fully saturated rings. The molecule has 0 aliphatic carbocycles. The predicted molar refractivity (Wildman–Crippen MR) is 108 cm³/mol. The molecule has 1 aliphatic heterocycles. The number of piperazine rings is 1. The van der Waals surface area contributed by atoms with Gasteiger partial charge in [-0.15, -0.1) is 0 Å². The minimum Gasteiger partial charge on any atom is -0.482 e. The van der Waals surface area contributed by atoms with Crippen molar-refractivity contribution in [3.8, 4) is 11.8 Å².